The second kappa shape index (κ2) is 6.77. The monoisotopic (exact) mass is 291 g/mol. The molecule has 0 heterocycles. The summed E-state index contributed by atoms with van der Waals surface area (Å²) in [6, 6.07) is 13.0. The molecule has 0 saturated heterocycles. The minimum Gasteiger partial charge on any atom is -0.326 e. The van der Waals surface area contributed by atoms with E-state index >= 15 is 0 Å². The van der Waals surface area contributed by atoms with Crippen molar-refractivity contribution in [3.8, 4) is 0 Å². The fourth-order valence-electron chi connectivity index (χ4n) is 2.11. The van der Waals surface area contributed by atoms with Gasteiger partial charge in [-0.05, 0) is 12.5 Å². The average molecular weight is 291 g/mol. The first-order valence-electron chi connectivity index (χ1n) is 6.47. The van der Waals surface area contributed by atoms with Gasteiger partial charge in [0.2, 0.25) is 0 Å². The van der Waals surface area contributed by atoms with E-state index in [1.54, 1.807) is 18.2 Å². The lowest BCUT2D eigenvalue weighted by Gasteiger charge is -2.07. The molecule has 0 radical (unpaired) electrons. The van der Waals surface area contributed by atoms with Crippen molar-refractivity contribution in [3.05, 3.63) is 70.5 Å². The molecule has 0 spiro atoms. The Kier molecular flexibility index (Phi) is 5.04. The summed E-state index contributed by atoms with van der Waals surface area (Å²) in [5, 5.41) is 0. The Morgan fingerprint density at radius 1 is 1.10 bits per heavy atom. The van der Waals surface area contributed by atoms with E-state index in [-0.39, 0.29) is 18.1 Å². The van der Waals surface area contributed by atoms with Gasteiger partial charge < -0.3 is 5.73 Å². The predicted octanol–water partition coefficient (Wildman–Crippen LogP) is 3.04. The lowest BCUT2D eigenvalue weighted by Crippen LogP contribution is -2.06. The van der Waals surface area contributed by atoms with Gasteiger partial charge in [-0.1, -0.05) is 48.0 Å². The lowest BCUT2D eigenvalue weighted by molar-refractivity contribution is 0.598. The van der Waals surface area contributed by atoms with E-state index in [2.05, 4.69) is 0 Å². The molecular weight excluding hydrogens is 273 g/mol. The normalized spacial score (nSPS) is 12.3. The van der Waals surface area contributed by atoms with Crippen LogP contribution in [0.4, 0.5) is 4.39 Å². The van der Waals surface area contributed by atoms with Crippen molar-refractivity contribution in [2.45, 2.75) is 25.0 Å². The molecule has 2 rings (SSSR count). The van der Waals surface area contributed by atoms with E-state index in [1.807, 2.05) is 31.2 Å². The van der Waals surface area contributed by atoms with E-state index in [0.29, 0.717) is 16.9 Å². The SMILES string of the molecule is Cc1cccc(CS(=O)Cc2cccc(CN)c2F)c1. The molecule has 4 heteroatoms. The Hall–Kier alpha value is -1.52. The Morgan fingerprint density at radius 3 is 2.50 bits per heavy atom. The predicted molar refractivity (Wildman–Crippen MR) is 81.0 cm³/mol. The van der Waals surface area contributed by atoms with E-state index in [1.165, 1.54) is 0 Å². The number of hydrogen-bond donors (Lipinski definition) is 1. The summed E-state index contributed by atoms with van der Waals surface area (Å²) in [7, 11) is -1.13. The molecule has 0 aliphatic carbocycles. The quantitative estimate of drug-likeness (QED) is 0.920. The van der Waals surface area contributed by atoms with E-state index in [9.17, 15) is 8.60 Å². The minimum absolute atomic E-state index is 0.157. The van der Waals surface area contributed by atoms with Gasteiger partial charge in [0.05, 0.1) is 5.75 Å². The summed E-state index contributed by atoms with van der Waals surface area (Å²) in [5.74, 6) is 0.328. The highest BCUT2D eigenvalue weighted by atomic mass is 32.2. The number of hydrogen-bond acceptors (Lipinski definition) is 2. The van der Waals surface area contributed by atoms with Crippen molar-refractivity contribution in [2.75, 3.05) is 0 Å². The number of rotatable bonds is 5. The van der Waals surface area contributed by atoms with Gasteiger partial charge in [-0.2, -0.15) is 0 Å². The first kappa shape index (κ1) is 14.9. The molecule has 1 atom stereocenters. The average Bonchev–Trinajstić information content (AvgIpc) is 2.41. The van der Waals surface area contributed by atoms with Crippen molar-refractivity contribution >= 4 is 10.8 Å². The standard InChI is InChI=1S/C16H18FNOS/c1-12-4-2-5-13(8-12)10-20(19)11-15-7-3-6-14(9-18)16(15)17/h2-8H,9-11,18H2,1H3. The van der Waals surface area contributed by atoms with Gasteiger partial charge in [-0.3, -0.25) is 4.21 Å². The highest BCUT2D eigenvalue weighted by Gasteiger charge is 2.10. The van der Waals surface area contributed by atoms with Crippen LogP contribution in [0.15, 0.2) is 42.5 Å². The van der Waals surface area contributed by atoms with Crippen LogP contribution in [-0.4, -0.2) is 4.21 Å². The van der Waals surface area contributed by atoms with E-state index in [0.717, 1.165) is 11.1 Å². The summed E-state index contributed by atoms with van der Waals surface area (Å²) in [4.78, 5) is 0. The topological polar surface area (TPSA) is 43.1 Å². The van der Waals surface area contributed by atoms with Gasteiger partial charge in [0.15, 0.2) is 0 Å². The summed E-state index contributed by atoms with van der Waals surface area (Å²) in [6.45, 7) is 2.15. The third-order valence-electron chi connectivity index (χ3n) is 3.11. The fourth-order valence-corrected chi connectivity index (χ4v) is 3.34. The van der Waals surface area contributed by atoms with Crippen molar-refractivity contribution in [1.29, 1.82) is 0 Å². The highest BCUT2D eigenvalue weighted by molar-refractivity contribution is 7.83. The Labute approximate surface area is 121 Å². The van der Waals surface area contributed by atoms with Crippen LogP contribution in [0.25, 0.3) is 0 Å². The maximum Gasteiger partial charge on any atom is 0.131 e. The van der Waals surface area contributed by atoms with Crippen LogP contribution in [-0.2, 0) is 28.9 Å². The summed E-state index contributed by atoms with van der Waals surface area (Å²) in [6.07, 6.45) is 0. The molecule has 0 saturated carbocycles. The van der Waals surface area contributed by atoms with Gasteiger partial charge in [-0.15, -0.1) is 0 Å². The first-order valence-corrected chi connectivity index (χ1v) is 7.96. The summed E-state index contributed by atoms with van der Waals surface area (Å²) < 4.78 is 26.2. The van der Waals surface area contributed by atoms with Gasteiger partial charge in [0, 0.05) is 34.2 Å². The molecule has 0 fully saturated rings. The Morgan fingerprint density at radius 2 is 1.80 bits per heavy atom. The molecule has 2 aromatic carbocycles. The van der Waals surface area contributed by atoms with Crippen LogP contribution in [0.1, 0.15) is 22.3 Å². The fraction of sp³-hybridized carbons (Fsp3) is 0.250. The molecule has 2 nitrogen and oxygen atoms in total. The minimum atomic E-state index is -1.13. The van der Waals surface area contributed by atoms with E-state index < -0.39 is 10.8 Å². The zero-order chi connectivity index (χ0) is 14.5. The molecule has 1 unspecified atom stereocenters. The number of aryl methyl sites for hydroxylation is 1. The third-order valence-corrected chi connectivity index (χ3v) is 4.39. The van der Waals surface area contributed by atoms with Gasteiger partial charge >= 0.3 is 0 Å². The molecular formula is C16H18FNOS. The third kappa shape index (κ3) is 3.74. The van der Waals surface area contributed by atoms with Crippen LogP contribution in [0, 0.1) is 12.7 Å². The maximum atomic E-state index is 14.0. The molecule has 20 heavy (non-hydrogen) atoms. The molecule has 106 valence electrons. The van der Waals surface area contributed by atoms with Crippen LogP contribution in [0.3, 0.4) is 0 Å². The summed E-state index contributed by atoms with van der Waals surface area (Å²) in [5.41, 5.74) is 8.56. The van der Waals surface area contributed by atoms with Crippen LogP contribution in [0.5, 0.6) is 0 Å². The first-order chi connectivity index (χ1) is 9.60. The van der Waals surface area contributed by atoms with Crippen LogP contribution < -0.4 is 5.73 Å². The molecule has 2 N–H and O–H groups in total. The zero-order valence-electron chi connectivity index (χ0n) is 11.4. The molecule has 2 aromatic rings. The molecule has 0 aromatic heterocycles. The van der Waals surface area contributed by atoms with Gasteiger partial charge in [-0.25, -0.2) is 4.39 Å². The smallest absolute Gasteiger partial charge is 0.131 e. The van der Waals surface area contributed by atoms with Gasteiger partial charge in [0.1, 0.15) is 5.82 Å². The van der Waals surface area contributed by atoms with Gasteiger partial charge in [0.25, 0.3) is 0 Å². The van der Waals surface area contributed by atoms with E-state index in [4.69, 9.17) is 5.73 Å². The molecule has 0 bridgehead atoms. The lowest BCUT2D eigenvalue weighted by atomic mass is 10.1. The molecule has 0 aliphatic heterocycles. The number of benzene rings is 2. The van der Waals surface area contributed by atoms with Crippen LogP contribution >= 0.6 is 0 Å². The van der Waals surface area contributed by atoms with Crippen molar-refractivity contribution in [1.82, 2.24) is 0 Å². The van der Waals surface area contributed by atoms with Crippen LogP contribution in [0.2, 0.25) is 0 Å². The molecule has 0 amide bonds. The number of halogens is 1. The molecule has 0 aliphatic rings. The number of nitrogens with two attached hydrogens (primary N) is 1. The highest BCUT2D eigenvalue weighted by Crippen LogP contribution is 2.16. The van der Waals surface area contributed by atoms with Crippen molar-refractivity contribution in [2.24, 2.45) is 5.73 Å². The van der Waals surface area contributed by atoms with Crippen molar-refractivity contribution < 1.29 is 8.60 Å². The maximum absolute atomic E-state index is 14.0. The zero-order valence-corrected chi connectivity index (χ0v) is 12.3. The largest absolute Gasteiger partial charge is 0.326 e. The summed E-state index contributed by atoms with van der Waals surface area (Å²) >= 11 is 0. The van der Waals surface area contributed by atoms with Crippen molar-refractivity contribution in [3.63, 3.8) is 0 Å². The Balaban J connectivity index is 2.09. The Bertz CT molecular complexity index is 628. The second-order valence-corrected chi connectivity index (χ2v) is 6.27. The second-order valence-electron chi connectivity index (χ2n) is 4.81.